The van der Waals surface area contributed by atoms with Crippen LogP contribution in [0, 0.1) is 0 Å². The van der Waals surface area contributed by atoms with Crippen LogP contribution in [-0.2, 0) is 46.2 Å². The van der Waals surface area contributed by atoms with Crippen molar-refractivity contribution in [2.24, 2.45) is 0 Å². The molecule has 5 aromatic rings. The van der Waals surface area contributed by atoms with Gasteiger partial charge in [0, 0.05) is 31.6 Å². The monoisotopic (exact) mass is 807 g/mol. The first-order chi connectivity index (χ1) is 24.1. The Hall–Kier alpha value is -3.33. The quantitative estimate of drug-likeness (QED) is 0.0992. The van der Waals surface area contributed by atoms with Gasteiger partial charge in [0.1, 0.15) is 26.1 Å². The first kappa shape index (κ1) is 37.4. The topological polar surface area (TPSA) is 130 Å². The number of hydrogen-bond donors (Lipinski definition) is 0. The van der Waals surface area contributed by atoms with Crippen molar-refractivity contribution in [3.63, 3.8) is 0 Å². The lowest BCUT2D eigenvalue weighted by molar-refractivity contribution is -0.673. The highest BCUT2D eigenvalue weighted by atomic mass is 35.5. The Bertz CT molecular complexity index is 2430. The van der Waals surface area contributed by atoms with Crippen molar-refractivity contribution in [3.8, 4) is 0 Å². The lowest BCUT2D eigenvalue weighted by atomic mass is 10.1. The summed E-state index contributed by atoms with van der Waals surface area (Å²) in [4.78, 5) is 3.48. The maximum Gasteiger partial charge on any atom is 0.286 e. The number of benzene rings is 4. The van der Waals surface area contributed by atoms with E-state index in [2.05, 4.69) is 9.47 Å². The van der Waals surface area contributed by atoms with Crippen LogP contribution in [-0.4, -0.2) is 43.6 Å². The lowest BCUT2D eigenvalue weighted by Crippen LogP contribution is -2.39. The molecule has 16 heteroatoms. The number of aromatic nitrogens is 2. The number of aryl methyl sites for hydroxylation is 3. The molecule has 0 bridgehead atoms. The fraction of sp³-hybridized carbons (Fsp3) is 0.229. The summed E-state index contributed by atoms with van der Waals surface area (Å²) in [5.41, 5.74) is 3.75. The summed E-state index contributed by atoms with van der Waals surface area (Å²) in [6.07, 6.45) is 2.38. The van der Waals surface area contributed by atoms with Gasteiger partial charge < -0.3 is 18.9 Å². The molecule has 10 nitrogen and oxygen atoms in total. The fourth-order valence-electron chi connectivity index (χ4n) is 6.64. The molecule has 2 heterocycles. The van der Waals surface area contributed by atoms with Crippen molar-refractivity contribution in [3.05, 3.63) is 116 Å². The average Bonchev–Trinajstić information content (AvgIpc) is 3.51. The van der Waals surface area contributed by atoms with E-state index in [-0.39, 0.29) is 35.7 Å². The summed E-state index contributed by atoms with van der Waals surface area (Å²) in [7, 11) is -9.45. The van der Waals surface area contributed by atoms with E-state index in [0.29, 0.717) is 56.0 Å². The van der Waals surface area contributed by atoms with Crippen LogP contribution in [0.3, 0.4) is 0 Å². The van der Waals surface area contributed by atoms with E-state index in [4.69, 9.17) is 46.4 Å². The molecular weight excluding hydrogens is 778 g/mol. The molecule has 0 fully saturated rings. The number of hydrogen-bond acceptors (Lipinski definition) is 8. The Kier molecular flexibility index (Phi) is 10.7. The van der Waals surface area contributed by atoms with Gasteiger partial charge in [-0.05, 0) is 55.7 Å². The van der Waals surface area contributed by atoms with Gasteiger partial charge in [0.25, 0.3) is 5.82 Å². The molecule has 1 aliphatic rings. The fourth-order valence-corrected chi connectivity index (χ4v) is 8.74. The highest BCUT2D eigenvalue weighted by molar-refractivity contribution is 7.86. The molecule has 0 unspecified atom stereocenters. The van der Waals surface area contributed by atoms with E-state index < -0.39 is 20.2 Å². The SMILES string of the molecule is CCN1C(=Cc2n(CC)c3cc(Cl)c(Cl)cc3[n+]2CCc2ccccc2S(=O)(=O)[O-])N(CCc2ccccc2S(=O)(=O)[O-])c2cc(Cl)c(Cl)cc21. The van der Waals surface area contributed by atoms with E-state index in [1.54, 1.807) is 48.5 Å². The van der Waals surface area contributed by atoms with Crippen molar-refractivity contribution < 1.29 is 30.5 Å². The van der Waals surface area contributed by atoms with Crippen LogP contribution in [0.4, 0.5) is 11.4 Å². The maximum atomic E-state index is 12.1. The van der Waals surface area contributed by atoms with Crippen LogP contribution in [0.25, 0.3) is 17.1 Å². The maximum absolute atomic E-state index is 12.1. The smallest absolute Gasteiger partial charge is 0.286 e. The second kappa shape index (κ2) is 14.6. The Morgan fingerprint density at radius 3 is 1.75 bits per heavy atom. The van der Waals surface area contributed by atoms with Crippen molar-refractivity contribution in [1.82, 2.24) is 4.57 Å². The van der Waals surface area contributed by atoms with Gasteiger partial charge in [-0.3, -0.25) is 0 Å². The zero-order valence-electron chi connectivity index (χ0n) is 27.3. The van der Waals surface area contributed by atoms with Gasteiger partial charge in [-0.1, -0.05) is 82.8 Å². The third-order valence-corrected chi connectivity index (χ3v) is 12.2. The van der Waals surface area contributed by atoms with Gasteiger partial charge in [0.15, 0.2) is 11.0 Å². The first-order valence-electron chi connectivity index (χ1n) is 15.9. The molecule has 0 spiro atoms. The number of halogens is 4. The summed E-state index contributed by atoms with van der Waals surface area (Å²) in [5.74, 6) is 1.42. The molecule has 0 saturated heterocycles. The Labute approximate surface area is 316 Å². The van der Waals surface area contributed by atoms with Crippen LogP contribution in [0.5, 0.6) is 0 Å². The molecule has 0 saturated carbocycles. The van der Waals surface area contributed by atoms with Crippen LogP contribution < -0.4 is 14.4 Å². The molecule has 0 aliphatic carbocycles. The molecule has 268 valence electrons. The number of imidazole rings is 1. The van der Waals surface area contributed by atoms with Gasteiger partial charge in [-0.25, -0.2) is 26.0 Å². The van der Waals surface area contributed by atoms with Crippen molar-refractivity contribution in [2.75, 3.05) is 22.9 Å². The Morgan fingerprint density at radius 1 is 0.686 bits per heavy atom. The van der Waals surface area contributed by atoms with E-state index >= 15 is 0 Å². The van der Waals surface area contributed by atoms with E-state index in [1.807, 2.05) is 29.4 Å². The number of anilines is 2. The zero-order chi connectivity index (χ0) is 36.8. The molecule has 0 radical (unpaired) electrons. The zero-order valence-corrected chi connectivity index (χ0v) is 32.0. The number of fused-ring (bicyclic) bond motifs is 2. The minimum atomic E-state index is -4.73. The minimum absolute atomic E-state index is 0.203. The van der Waals surface area contributed by atoms with E-state index in [9.17, 15) is 25.9 Å². The minimum Gasteiger partial charge on any atom is -0.744 e. The largest absolute Gasteiger partial charge is 0.744 e. The van der Waals surface area contributed by atoms with Crippen LogP contribution >= 0.6 is 46.4 Å². The molecule has 0 N–H and O–H groups in total. The van der Waals surface area contributed by atoms with Gasteiger partial charge >= 0.3 is 0 Å². The van der Waals surface area contributed by atoms with E-state index in [0.717, 1.165) is 22.4 Å². The third kappa shape index (κ3) is 7.34. The van der Waals surface area contributed by atoms with Crippen molar-refractivity contribution in [1.29, 1.82) is 0 Å². The van der Waals surface area contributed by atoms with Crippen LogP contribution in [0.1, 0.15) is 30.8 Å². The van der Waals surface area contributed by atoms with Gasteiger partial charge in [-0.15, -0.1) is 0 Å². The summed E-state index contributed by atoms with van der Waals surface area (Å²) < 4.78 is 76.8. The predicted octanol–water partition coefficient (Wildman–Crippen LogP) is 7.50. The molecule has 0 amide bonds. The van der Waals surface area contributed by atoms with Gasteiger partial charge in [0.2, 0.25) is 0 Å². The van der Waals surface area contributed by atoms with Gasteiger partial charge in [0.05, 0.1) is 60.4 Å². The third-order valence-electron chi connectivity index (χ3n) is 8.89. The molecule has 1 aliphatic heterocycles. The Balaban J connectivity index is 1.54. The molecule has 1 aromatic heterocycles. The standard InChI is InChI=1S/C35H32Cl4N4O6S2/c1-3-40-28-17-24(36)26(38)19-30(28)42(15-13-22-9-5-7-11-32(22)50(44,45)46)34(40)21-35-41(4-2)29-18-25(37)27(39)20-31(29)43(35)16-14-23-10-6-8-12-33(23)51(47,48)49/h5-12,17-21H,3-4,13-16H2,1-2H3,(H-,44,45,46,47,48,49)/p-1. The average molecular weight is 810 g/mol. The molecule has 0 atom stereocenters. The number of rotatable bonds is 11. The molecule has 6 rings (SSSR count). The first-order valence-corrected chi connectivity index (χ1v) is 20.2. The second-order valence-electron chi connectivity index (χ2n) is 11.8. The summed E-state index contributed by atoms with van der Waals surface area (Å²) in [5, 5.41) is 1.36. The highest BCUT2D eigenvalue weighted by Crippen LogP contribution is 2.46. The molecule has 51 heavy (non-hydrogen) atoms. The molecular formula is C35H31Cl4N4O6S2-. The van der Waals surface area contributed by atoms with Crippen LogP contribution in [0.2, 0.25) is 20.1 Å². The van der Waals surface area contributed by atoms with Crippen LogP contribution in [0.15, 0.2) is 88.4 Å². The van der Waals surface area contributed by atoms with Gasteiger partial charge in [-0.2, -0.15) is 0 Å². The summed E-state index contributed by atoms with van der Waals surface area (Å²) in [6, 6.07) is 19.3. The summed E-state index contributed by atoms with van der Waals surface area (Å²) >= 11 is 26.1. The molecule has 4 aromatic carbocycles. The predicted molar refractivity (Wildman–Crippen MR) is 199 cm³/mol. The Morgan fingerprint density at radius 2 is 1.20 bits per heavy atom. The van der Waals surface area contributed by atoms with Crippen molar-refractivity contribution >= 4 is 95.1 Å². The second-order valence-corrected chi connectivity index (χ2v) is 16.1. The van der Waals surface area contributed by atoms with Crippen molar-refractivity contribution in [2.45, 2.75) is 49.6 Å². The summed E-state index contributed by atoms with van der Waals surface area (Å²) in [6.45, 7) is 5.50. The normalized spacial score (nSPS) is 14.2. The number of nitrogens with zero attached hydrogens (tertiary/aromatic N) is 4. The van der Waals surface area contributed by atoms with E-state index in [1.165, 1.54) is 24.3 Å². The highest BCUT2D eigenvalue weighted by Gasteiger charge is 2.34. The lowest BCUT2D eigenvalue weighted by Gasteiger charge is -2.25.